The van der Waals surface area contributed by atoms with Crippen molar-refractivity contribution in [3.8, 4) is 11.3 Å². The van der Waals surface area contributed by atoms with Gasteiger partial charge in [0, 0.05) is 31.7 Å². The summed E-state index contributed by atoms with van der Waals surface area (Å²) in [7, 11) is 4.09. The van der Waals surface area contributed by atoms with Crippen LogP contribution in [0.3, 0.4) is 0 Å². The number of aromatic amines is 1. The molecule has 0 fully saturated rings. The molecule has 0 aliphatic rings. The molecule has 0 radical (unpaired) electrons. The second-order valence-electron chi connectivity index (χ2n) is 3.53. The lowest BCUT2D eigenvalue weighted by Crippen LogP contribution is -2.07. The molecule has 14 heavy (non-hydrogen) atoms. The van der Waals surface area contributed by atoms with Crippen LogP contribution in [0, 0.1) is 0 Å². The number of aromatic nitrogens is 1. The summed E-state index contributed by atoms with van der Waals surface area (Å²) in [6.45, 7) is 0. The third kappa shape index (κ3) is 1.64. The van der Waals surface area contributed by atoms with E-state index in [0.717, 1.165) is 5.69 Å². The third-order valence-corrected chi connectivity index (χ3v) is 2.29. The van der Waals surface area contributed by atoms with Crippen LogP contribution in [0.4, 0.5) is 5.69 Å². The maximum Gasteiger partial charge on any atom is 0.0453 e. The molecular weight excluding hydrogens is 172 g/mol. The van der Waals surface area contributed by atoms with Gasteiger partial charge in [-0.05, 0) is 29.8 Å². The third-order valence-electron chi connectivity index (χ3n) is 2.29. The van der Waals surface area contributed by atoms with Gasteiger partial charge >= 0.3 is 0 Å². The molecule has 0 saturated heterocycles. The molecule has 0 amide bonds. The van der Waals surface area contributed by atoms with Gasteiger partial charge in [-0.15, -0.1) is 0 Å². The number of anilines is 1. The summed E-state index contributed by atoms with van der Waals surface area (Å²) in [6, 6.07) is 12.6. The van der Waals surface area contributed by atoms with E-state index in [1.54, 1.807) is 0 Å². The first-order chi connectivity index (χ1) is 6.77. The highest BCUT2D eigenvalue weighted by molar-refractivity contribution is 5.62. The Hall–Kier alpha value is -1.70. The largest absolute Gasteiger partial charge is 0.378 e. The fraction of sp³-hybridized carbons (Fsp3) is 0.167. The zero-order chi connectivity index (χ0) is 9.97. The van der Waals surface area contributed by atoms with Crippen LogP contribution in [0.1, 0.15) is 0 Å². The van der Waals surface area contributed by atoms with Crippen molar-refractivity contribution in [2.45, 2.75) is 0 Å². The van der Waals surface area contributed by atoms with Gasteiger partial charge < -0.3 is 9.88 Å². The molecule has 1 aromatic heterocycles. The Morgan fingerprint density at radius 1 is 1.00 bits per heavy atom. The van der Waals surface area contributed by atoms with E-state index in [9.17, 15) is 0 Å². The van der Waals surface area contributed by atoms with E-state index in [1.807, 2.05) is 26.4 Å². The van der Waals surface area contributed by atoms with Crippen molar-refractivity contribution in [3.63, 3.8) is 0 Å². The number of benzene rings is 1. The minimum Gasteiger partial charge on any atom is -0.378 e. The first-order valence-corrected chi connectivity index (χ1v) is 4.68. The summed E-state index contributed by atoms with van der Waals surface area (Å²) in [4.78, 5) is 5.28. The average Bonchev–Trinajstić information content (AvgIpc) is 2.71. The van der Waals surface area contributed by atoms with Gasteiger partial charge in [-0.2, -0.15) is 0 Å². The quantitative estimate of drug-likeness (QED) is 0.764. The molecule has 2 rings (SSSR count). The lowest BCUT2D eigenvalue weighted by atomic mass is 10.1. The first-order valence-electron chi connectivity index (χ1n) is 4.68. The standard InChI is InChI=1S/C12H14N2/c1-14(2)11-7-5-10(6-8-11)12-4-3-9-13-12/h3-9,13H,1-2H3. The van der Waals surface area contributed by atoms with Crippen LogP contribution in [0.5, 0.6) is 0 Å². The van der Waals surface area contributed by atoms with Gasteiger partial charge in [0.1, 0.15) is 0 Å². The minimum atomic E-state index is 1.16. The van der Waals surface area contributed by atoms with Crippen LogP contribution >= 0.6 is 0 Å². The molecular formula is C12H14N2. The predicted molar refractivity (Wildman–Crippen MR) is 60.6 cm³/mol. The van der Waals surface area contributed by atoms with Gasteiger partial charge in [-0.1, -0.05) is 12.1 Å². The molecule has 0 saturated carbocycles. The van der Waals surface area contributed by atoms with E-state index in [2.05, 4.69) is 40.2 Å². The van der Waals surface area contributed by atoms with Crippen LogP contribution in [-0.2, 0) is 0 Å². The van der Waals surface area contributed by atoms with Crippen molar-refractivity contribution in [2.75, 3.05) is 19.0 Å². The molecule has 1 aromatic carbocycles. The Labute approximate surface area is 84.2 Å². The summed E-state index contributed by atoms with van der Waals surface area (Å²) in [5, 5.41) is 0. The van der Waals surface area contributed by atoms with Crippen molar-refractivity contribution in [3.05, 3.63) is 42.6 Å². The number of hydrogen-bond acceptors (Lipinski definition) is 1. The van der Waals surface area contributed by atoms with Crippen LogP contribution in [0.15, 0.2) is 42.6 Å². The van der Waals surface area contributed by atoms with Crippen molar-refractivity contribution < 1.29 is 0 Å². The Morgan fingerprint density at radius 3 is 2.21 bits per heavy atom. The monoisotopic (exact) mass is 186 g/mol. The van der Waals surface area contributed by atoms with Crippen LogP contribution in [0.2, 0.25) is 0 Å². The summed E-state index contributed by atoms with van der Waals surface area (Å²) in [6.07, 6.45) is 1.94. The van der Waals surface area contributed by atoms with Gasteiger partial charge in [0.15, 0.2) is 0 Å². The minimum absolute atomic E-state index is 1.16. The average molecular weight is 186 g/mol. The molecule has 1 heterocycles. The summed E-state index contributed by atoms with van der Waals surface area (Å²) >= 11 is 0. The lowest BCUT2D eigenvalue weighted by Gasteiger charge is -2.12. The summed E-state index contributed by atoms with van der Waals surface area (Å²) in [5.74, 6) is 0. The Bertz CT molecular complexity index is 385. The summed E-state index contributed by atoms with van der Waals surface area (Å²) < 4.78 is 0. The van der Waals surface area contributed by atoms with Crippen molar-refractivity contribution in [1.29, 1.82) is 0 Å². The fourth-order valence-corrected chi connectivity index (χ4v) is 1.45. The Morgan fingerprint density at radius 2 is 1.71 bits per heavy atom. The van der Waals surface area contributed by atoms with Crippen molar-refractivity contribution in [2.24, 2.45) is 0 Å². The second kappa shape index (κ2) is 3.58. The van der Waals surface area contributed by atoms with E-state index >= 15 is 0 Å². The van der Waals surface area contributed by atoms with Crippen LogP contribution < -0.4 is 4.90 Å². The zero-order valence-corrected chi connectivity index (χ0v) is 8.49. The predicted octanol–water partition coefficient (Wildman–Crippen LogP) is 2.75. The normalized spacial score (nSPS) is 10.1. The highest BCUT2D eigenvalue weighted by Crippen LogP contribution is 2.20. The maximum absolute atomic E-state index is 3.19. The Kier molecular flexibility index (Phi) is 2.27. The van der Waals surface area contributed by atoms with Gasteiger partial charge in [-0.25, -0.2) is 0 Å². The summed E-state index contributed by atoms with van der Waals surface area (Å²) in [5.41, 5.74) is 3.61. The van der Waals surface area contributed by atoms with Crippen molar-refractivity contribution in [1.82, 2.24) is 4.98 Å². The molecule has 0 aliphatic heterocycles. The molecule has 72 valence electrons. The van der Waals surface area contributed by atoms with Crippen LogP contribution in [0.25, 0.3) is 11.3 Å². The zero-order valence-electron chi connectivity index (χ0n) is 8.49. The first kappa shape index (κ1) is 8.88. The van der Waals surface area contributed by atoms with Gasteiger partial charge in [0.05, 0.1) is 0 Å². The van der Waals surface area contributed by atoms with E-state index in [0.29, 0.717) is 0 Å². The number of H-pyrrole nitrogens is 1. The van der Waals surface area contributed by atoms with E-state index in [-0.39, 0.29) is 0 Å². The second-order valence-corrected chi connectivity index (χ2v) is 3.53. The maximum atomic E-state index is 3.19. The molecule has 0 unspecified atom stereocenters. The number of nitrogens with zero attached hydrogens (tertiary/aromatic N) is 1. The molecule has 0 atom stereocenters. The van der Waals surface area contributed by atoms with Crippen LogP contribution in [-0.4, -0.2) is 19.1 Å². The topological polar surface area (TPSA) is 19.0 Å². The fourth-order valence-electron chi connectivity index (χ4n) is 1.45. The van der Waals surface area contributed by atoms with E-state index in [4.69, 9.17) is 0 Å². The van der Waals surface area contributed by atoms with E-state index in [1.165, 1.54) is 11.3 Å². The van der Waals surface area contributed by atoms with Crippen molar-refractivity contribution >= 4 is 5.69 Å². The highest BCUT2D eigenvalue weighted by Gasteiger charge is 1.98. The molecule has 2 aromatic rings. The molecule has 0 aliphatic carbocycles. The molecule has 0 spiro atoms. The number of hydrogen-bond donors (Lipinski definition) is 1. The lowest BCUT2D eigenvalue weighted by molar-refractivity contribution is 1.13. The number of rotatable bonds is 2. The van der Waals surface area contributed by atoms with Gasteiger partial charge in [-0.3, -0.25) is 0 Å². The van der Waals surface area contributed by atoms with Gasteiger partial charge in [0.25, 0.3) is 0 Å². The smallest absolute Gasteiger partial charge is 0.0453 e. The van der Waals surface area contributed by atoms with Gasteiger partial charge in [0.2, 0.25) is 0 Å². The molecule has 2 heteroatoms. The number of nitrogens with one attached hydrogen (secondary N) is 1. The Balaban J connectivity index is 2.31. The molecule has 1 N–H and O–H groups in total. The van der Waals surface area contributed by atoms with E-state index < -0.39 is 0 Å². The SMILES string of the molecule is CN(C)c1ccc(-c2ccc[nH]2)cc1. The molecule has 2 nitrogen and oxygen atoms in total. The highest BCUT2D eigenvalue weighted by atomic mass is 15.1. The molecule has 0 bridgehead atoms.